The van der Waals surface area contributed by atoms with Crippen molar-refractivity contribution in [2.24, 2.45) is 11.3 Å². The molecule has 1 aliphatic carbocycles. The van der Waals surface area contributed by atoms with Crippen molar-refractivity contribution < 1.29 is 14.6 Å². The van der Waals surface area contributed by atoms with Gasteiger partial charge in [-0.1, -0.05) is 48.0 Å². The normalized spacial score (nSPS) is 18.7. The zero-order chi connectivity index (χ0) is 24.0. The Morgan fingerprint density at radius 2 is 1.91 bits per heavy atom. The van der Waals surface area contributed by atoms with Crippen molar-refractivity contribution in [3.63, 3.8) is 0 Å². The number of carbonyl (C=O) groups is 1. The summed E-state index contributed by atoms with van der Waals surface area (Å²) >= 11 is 3.49. The third-order valence-corrected chi connectivity index (χ3v) is 7.26. The Kier molecular flexibility index (Phi) is 5.68. The van der Waals surface area contributed by atoms with Gasteiger partial charge in [0.05, 0.1) is 22.6 Å². The number of fused-ring (bicyclic) bond motifs is 1. The molecule has 0 spiro atoms. The molecule has 4 aromatic rings. The maximum absolute atomic E-state index is 11.9. The number of ether oxygens (including phenoxy) is 1. The van der Waals surface area contributed by atoms with Gasteiger partial charge in [0.15, 0.2) is 0 Å². The molecule has 0 radical (unpaired) electrons. The molecule has 0 bridgehead atoms. The number of nitrogens with zero attached hydrogens (tertiary/aromatic N) is 3. The number of rotatable bonds is 7. The van der Waals surface area contributed by atoms with Crippen LogP contribution in [0.15, 0.2) is 65.3 Å². The number of aryl methyl sites for hydroxylation is 1. The van der Waals surface area contributed by atoms with E-state index in [0.717, 1.165) is 43.9 Å². The largest absolute Gasteiger partial charge is 0.487 e. The number of hydrogen-bond acceptors (Lipinski definition) is 4. The molecule has 174 valence electrons. The SMILES string of the molecule is Cc1ccc(COc2ccc3nc([C@@H]4[C@@H](C(=O)O)C4(C)C)n(Cc4ccc(Br)cc4)c3c2)nc1. The molecule has 0 saturated heterocycles. The van der Waals surface area contributed by atoms with E-state index in [4.69, 9.17) is 9.72 Å². The van der Waals surface area contributed by atoms with E-state index in [1.807, 2.05) is 69.4 Å². The molecule has 1 saturated carbocycles. The highest BCUT2D eigenvalue weighted by molar-refractivity contribution is 9.10. The number of carboxylic acids is 1. The van der Waals surface area contributed by atoms with Crippen molar-refractivity contribution in [3.8, 4) is 5.75 Å². The molecule has 6 nitrogen and oxygen atoms in total. The lowest BCUT2D eigenvalue weighted by Crippen LogP contribution is -2.07. The lowest BCUT2D eigenvalue weighted by Gasteiger charge is -2.12. The van der Waals surface area contributed by atoms with Crippen LogP contribution < -0.4 is 4.74 Å². The Balaban J connectivity index is 1.52. The minimum absolute atomic E-state index is 0.144. The summed E-state index contributed by atoms with van der Waals surface area (Å²) < 4.78 is 9.20. The Labute approximate surface area is 206 Å². The number of hydrogen-bond donors (Lipinski definition) is 1. The number of aliphatic carboxylic acids is 1. The maximum Gasteiger partial charge on any atom is 0.307 e. The van der Waals surface area contributed by atoms with Gasteiger partial charge in [0.2, 0.25) is 0 Å². The monoisotopic (exact) mass is 519 g/mol. The zero-order valence-corrected chi connectivity index (χ0v) is 20.9. The van der Waals surface area contributed by atoms with Crippen LogP contribution in [0.4, 0.5) is 0 Å². The zero-order valence-electron chi connectivity index (χ0n) is 19.3. The molecule has 1 N–H and O–H groups in total. The van der Waals surface area contributed by atoms with E-state index in [1.54, 1.807) is 0 Å². The first-order valence-electron chi connectivity index (χ1n) is 11.3. The van der Waals surface area contributed by atoms with Gasteiger partial charge in [0.1, 0.15) is 18.2 Å². The van der Waals surface area contributed by atoms with Crippen molar-refractivity contribution >= 4 is 32.9 Å². The Morgan fingerprint density at radius 3 is 2.56 bits per heavy atom. The molecule has 1 fully saturated rings. The minimum Gasteiger partial charge on any atom is -0.487 e. The second-order valence-electron chi connectivity index (χ2n) is 9.56. The van der Waals surface area contributed by atoms with Crippen LogP contribution in [0.25, 0.3) is 11.0 Å². The molecule has 2 heterocycles. The summed E-state index contributed by atoms with van der Waals surface area (Å²) in [6.07, 6.45) is 1.83. The van der Waals surface area contributed by atoms with Gasteiger partial charge in [-0.05, 0) is 53.8 Å². The van der Waals surface area contributed by atoms with E-state index in [2.05, 4.69) is 37.6 Å². The number of benzene rings is 2. The van der Waals surface area contributed by atoms with E-state index in [-0.39, 0.29) is 11.3 Å². The highest BCUT2D eigenvalue weighted by atomic mass is 79.9. The van der Waals surface area contributed by atoms with Crippen molar-refractivity contribution in [1.82, 2.24) is 14.5 Å². The summed E-state index contributed by atoms with van der Waals surface area (Å²) in [5.41, 5.74) is 4.50. The molecular formula is C27H26BrN3O3. The van der Waals surface area contributed by atoms with Gasteiger partial charge in [-0.25, -0.2) is 4.98 Å². The number of imidazole rings is 1. The average Bonchev–Trinajstić information content (AvgIpc) is 3.22. The average molecular weight is 520 g/mol. The van der Waals surface area contributed by atoms with Crippen LogP contribution in [0.3, 0.4) is 0 Å². The summed E-state index contributed by atoms with van der Waals surface area (Å²) in [6, 6.07) is 18.0. The molecule has 2 aromatic carbocycles. The van der Waals surface area contributed by atoms with Gasteiger partial charge in [0.25, 0.3) is 0 Å². The highest BCUT2D eigenvalue weighted by Gasteiger charge is 2.64. The summed E-state index contributed by atoms with van der Waals surface area (Å²) in [6.45, 7) is 6.98. The molecular weight excluding hydrogens is 494 g/mol. The summed E-state index contributed by atoms with van der Waals surface area (Å²) in [5.74, 6) is 0.174. The Bertz CT molecular complexity index is 1360. The molecule has 2 atom stereocenters. The fourth-order valence-corrected chi connectivity index (χ4v) is 4.97. The smallest absolute Gasteiger partial charge is 0.307 e. The van der Waals surface area contributed by atoms with E-state index in [0.29, 0.717) is 13.2 Å². The van der Waals surface area contributed by atoms with Crippen LogP contribution >= 0.6 is 15.9 Å². The minimum atomic E-state index is -0.771. The van der Waals surface area contributed by atoms with Crippen LogP contribution in [-0.2, 0) is 17.9 Å². The van der Waals surface area contributed by atoms with E-state index < -0.39 is 11.9 Å². The van der Waals surface area contributed by atoms with Crippen LogP contribution in [0, 0.1) is 18.3 Å². The second kappa shape index (κ2) is 8.55. The molecule has 0 aliphatic heterocycles. The Morgan fingerprint density at radius 1 is 1.15 bits per heavy atom. The highest BCUT2D eigenvalue weighted by Crippen LogP contribution is 2.64. The molecule has 34 heavy (non-hydrogen) atoms. The topological polar surface area (TPSA) is 77.2 Å². The van der Waals surface area contributed by atoms with Crippen molar-refractivity contribution in [3.05, 3.63) is 87.9 Å². The maximum atomic E-state index is 11.9. The van der Waals surface area contributed by atoms with Gasteiger partial charge in [-0.15, -0.1) is 0 Å². The van der Waals surface area contributed by atoms with Gasteiger partial charge in [-0.2, -0.15) is 0 Å². The van der Waals surface area contributed by atoms with E-state index in [9.17, 15) is 9.90 Å². The van der Waals surface area contributed by atoms with Gasteiger partial charge < -0.3 is 14.4 Å². The van der Waals surface area contributed by atoms with Crippen molar-refractivity contribution in [2.75, 3.05) is 0 Å². The number of halogens is 1. The first-order chi connectivity index (χ1) is 16.2. The predicted octanol–water partition coefficient (Wildman–Crippen LogP) is 5.95. The quantitative estimate of drug-likeness (QED) is 0.326. The van der Waals surface area contributed by atoms with Crippen molar-refractivity contribution in [2.45, 2.75) is 39.8 Å². The second-order valence-corrected chi connectivity index (χ2v) is 10.5. The van der Waals surface area contributed by atoms with Gasteiger partial charge in [0, 0.05) is 29.2 Å². The lowest BCUT2D eigenvalue weighted by atomic mass is 10.1. The third kappa shape index (κ3) is 4.20. The van der Waals surface area contributed by atoms with Crippen LogP contribution in [0.2, 0.25) is 0 Å². The third-order valence-electron chi connectivity index (χ3n) is 6.73. The van der Waals surface area contributed by atoms with E-state index >= 15 is 0 Å². The Hall–Kier alpha value is -3.19. The van der Waals surface area contributed by atoms with Crippen LogP contribution in [-0.4, -0.2) is 25.6 Å². The first kappa shape index (κ1) is 22.6. The van der Waals surface area contributed by atoms with E-state index in [1.165, 1.54) is 0 Å². The van der Waals surface area contributed by atoms with Crippen molar-refractivity contribution in [1.29, 1.82) is 0 Å². The molecule has 7 heteroatoms. The molecule has 1 aliphatic rings. The fourth-order valence-electron chi connectivity index (χ4n) is 4.71. The van der Waals surface area contributed by atoms with Gasteiger partial charge in [-0.3, -0.25) is 9.78 Å². The number of pyridine rings is 1. The van der Waals surface area contributed by atoms with Crippen LogP contribution in [0.5, 0.6) is 5.75 Å². The molecule has 5 rings (SSSR count). The van der Waals surface area contributed by atoms with Gasteiger partial charge >= 0.3 is 5.97 Å². The number of aromatic nitrogens is 3. The standard InChI is InChI=1S/C27H26BrN3O3/c1-16-4-9-19(29-13-16)15-34-20-10-11-21-22(12-20)31(14-17-5-7-18(28)8-6-17)25(30-21)23-24(26(32)33)27(23,2)3/h4-13,23-24H,14-15H2,1-3H3,(H,32,33)/t23-,24-/m0/s1. The lowest BCUT2D eigenvalue weighted by molar-refractivity contribution is -0.139. The summed E-state index contributed by atoms with van der Waals surface area (Å²) in [4.78, 5) is 21.2. The molecule has 2 aromatic heterocycles. The predicted molar refractivity (Wildman–Crippen MR) is 134 cm³/mol. The number of carboxylic acid groups (broad SMARTS) is 1. The fraction of sp³-hybridized carbons (Fsp3) is 0.296. The molecule has 0 unspecified atom stereocenters. The van der Waals surface area contributed by atoms with Crippen LogP contribution in [0.1, 0.15) is 42.4 Å². The summed E-state index contributed by atoms with van der Waals surface area (Å²) in [7, 11) is 0. The first-order valence-corrected chi connectivity index (χ1v) is 12.0. The molecule has 0 amide bonds. The summed E-state index contributed by atoms with van der Waals surface area (Å²) in [5, 5.41) is 9.78.